The molecule has 3 aromatic rings. The van der Waals surface area contributed by atoms with Gasteiger partial charge in [0.15, 0.2) is 6.29 Å². The van der Waals surface area contributed by atoms with Gasteiger partial charge in [0.1, 0.15) is 11.4 Å². The number of aliphatic hydroxyl groups excluding tert-OH is 1. The van der Waals surface area contributed by atoms with Crippen LogP contribution in [0, 0.1) is 0 Å². The number of nitrogens with zero attached hydrogens (tertiary/aromatic N) is 2. The Morgan fingerprint density at radius 2 is 1.97 bits per heavy atom. The standard InChI is InChI=1S/C20H17N3O3.C8H18N2O/c1-3-19(25)23-20-14-10-13(5-4-12(14)6-9-18(20)26-2)16-8-7-15(21)17(11-24)22-16;1-9-8-2-4-10(5-3-8)6-7-11/h3-11H,1,21H2,2H3,(H,23,25);8-9,11H,2-7H2,1H3. The van der Waals surface area contributed by atoms with Crippen molar-refractivity contribution in [3.05, 3.63) is 60.8 Å². The molecule has 4 rings (SSSR count). The smallest absolute Gasteiger partial charge is 0.247 e. The van der Waals surface area contributed by atoms with Crippen LogP contribution in [0.2, 0.25) is 0 Å². The van der Waals surface area contributed by atoms with Crippen LogP contribution in [-0.4, -0.2) is 73.6 Å². The number of nitrogens with one attached hydrogen (secondary N) is 2. The topological polar surface area (TPSA) is 130 Å². The highest BCUT2D eigenvalue weighted by Gasteiger charge is 2.16. The highest BCUT2D eigenvalue weighted by Crippen LogP contribution is 2.35. The molecular weight excluding hydrogens is 470 g/mol. The Labute approximate surface area is 217 Å². The number of anilines is 2. The first kappa shape index (κ1) is 27.8. The predicted molar refractivity (Wildman–Crippen MR) is 148 cm³/mol. The zero-order chi connectivity index (χ0) is 26.8. The van der Waals surface area contributed by atoms with Gasteiger partial charge in [-0.25, -0.2) is 4.98 Å². The summed E-state index contributed by atoms with van der Waals surface area (Å²) < 4.78 is 5.37. The van der Waals surface area contributed by atoms with Gasteiger partial charge in [-0.15, -0.1) is 0 Å². The number of benzene rings is 2. The zero-order valence-electron chi connectivity index (χ0n) is 21.4. The van der Waals surface area contributed by atoms with Crippen LogP contribution in [0.1, 0.15) is 23.3 Å². The maximum atomic E-state index is 11.8. The average molecular weight is 506 g/mol. The molecule has 1 aliphatic rings. The van der Waals surface area contributed by atoms with E-state index in [9.17, 15) is 9.59 Å². The molecule has 0 spiro atoms. The van der Waals surface area contributed by atoms with Gasteiger partial charge in [0, 0.05) is 23.5 Å². The van der Waals surface area contributed by atoms with E-state index < -0.39 is 0 Å². The number of methoxy groups -OCH3 is 1. The maximum Gasteiger partial charge on any atom is 0.247 e. The minimum atomic E-state index is -0.338. The molecule has 1 fully saturated rings. The molecule has 196 valence electrons. The van der Waals surface area contributed by atoms with Crippen LogP contribution in [0.3, 0.4) is 0 Å². The number of rotatable bonds is 8. The number of hydrogen-bond donors (Lipinski definition) is 4. The molecular formula is C28H35N5O4. The number of carbonyl (C=O) groups is 2. The largest absolute Gasteiger partial charge is 0.495 e. The molecule has 0 unspecified atom stereocenters. The number of amides is 1. The second-order valence-corrected chi connectivity index (χ2v) is 8.69. The minimum Gasteiger partial charge on any atom is -0.495 e. The molecule has 0 atom stereocenters. The Morgan fingerprint density at radius 1 is 1.24 bits per heavy atom. The van der Waals surface area contributed by atoms with E-state index in [1.165, 1.54) is 26.0 Å². The number of nitrogens with two attached hydrogens (primary N) is 1. The second kappa shape index (κ2) is 13.5. The Morgan fingerprint density at radius 3 is 2.59 bits per heavy atom. The van der Waals surface area contributed by atoms with E-state index in [4.69, 9.17) is 15.6 Å². The average Bonchev–Trinajstić information content (AvgIpc) is 2.94. The minimum absolute atomic E-state index is 0.188. The molecule has 37 heavy (non-hydrogen) atoms. The number of aromatic nitrogens is 1. The van der Waals surface area contributed by atoms with Crippen LogP contribution < -0.4 is 21.1 Å². The molecule has 2 aromatic carbocycles. The van der Waals surface area contributed by atoms with Crippen LogP contribution in [0.4, 0.5) is 11.4 Å². The Hall–Kier alpha value is -3.79. The highest BCUT2D eigenvalue weighted by atomic mass is 16.5. The number of β-amino-alcohol motifs (C(OH)–C–C–N with tert-alkyl or cyclic N) is 1. The van der Waals surface area contributed by atoms with Gasteiger partial charge in [-0.1, -0.05) is 24.8 Å². The number of carbonyl (C=O) groups excluding carboxylic acids is 2. The van der Waals surface area contributed by atoms with Crippen LogP contribution >= 0.6 is 0 Å². The molecule has 2 heterocycles. The van der Waals surface area contributed by atoms with Gasteiger partial charge in [0.25, 0.3) is 0 Å². The lowest BCUT2D eigenvalue weighted by Gasteiger charge is -2.31. The number of pyridine rings is 1. The predicted octanol–water partition coefficient (Wildman–Crippen LogP) is 3.09. The van der Waals surface area contributed by atoms with Crippen molar-refractivity contribution in [1.82, 2.24) is 15.2 Å². The maximum absolute atomic E-state index is 11.8. The molecule has 0 saturated carbocycles. The number of fused-ring (bicyclic) bond motifs is 1. The number of ether oxygens (including phenoxy) is 1. The van der Waals surface area contributed by atoms with E-state index in [1.54, 1.807) is 18.2 Å². The van der Waals surface area contributed by atoms with E-state index in [0.29, 0.717) is 41.8 Å². The van der Waals surface area contributed by atoms with Gasteiger partial charge in [0.2, 0.25) is 5.91 Å². The number of likely N-dealkylation sites (tertiary alicyclic amines) is 1. The molecule has 0 radical (unpaired) electrons. The molecule has 9 nitrogen and oxygen atoms in total. The Bertz CT molecular complexity index is 1240. The van der Waals surface area contributed by atoms with Crippen LogP contribution in [-0.2, 0) is 4.79 Å². The molecule has 1 saturated heterocycles. The van der Waals surface area contributed by atoms with Crippen LogP contribution in [0.5, 0.6) is 5.75 Å². The first-order valence-electron chi connectivity index (χ1n) is 12.2. The molecule has 5 N–H and O–H groups in total. The Balaban J connectivity index is 0.000000289. The van der Waals surface area contributed by atoms with Crippen molar-refractivity contribution in [1.29, 1.82) is 0 Å². The third-order valence-electron chi connectivity index (χ3n) is 6.41. The second-order valence-electron chi connectivity index (χ2n) is 8.69. The normalized spacial score (nSPS) is 13.9. The lowest BCUT2D eigenvalue weighted by atomic mass is 10.0. The fourth-order valence-corrected chi connectivity index (χ4v) is 4.26. The van der Waals surface area contributed by atoms with E-state index in [1.807, 2.05) is 31.3 Å². The summed E-state index contributed by atoms with van der Waals surface area (Å²) in [6.07, 6.45) is 4.26. The van der Waals surface area contributed by atoms with Gasteiger partial charge >= 0.3 is 0 Å². The Kier molecular flexibility index (Phi) is 10.1. The van der Waals surface area contributed by atoms with E-state index in [0.717, 1.165) is 36.0 Å². The number of nitrogen functional groups attached to an aromatic ring is 1. The van der Waals surface area contributed by atoms with Crippen molar-refractivity contribution in [2.45, 2.75) is 18.9 Å². The highest BCUT2D eigenvalue weighted by molar-refractivity contribution is 6.08. The van der Waals surface area contributed by atoms with Crippen molar-refractivity contribution in [3.63, 3.8) is 0 Å². The first-order valence-corrected chi connectivity index (χ1v) is 12.2. The zero-order valence-corrected chi connectivity index (χ0v) is 21.4. The summed E-state index contributed by atoms with van der Waals surface area (Å²) >= 11 is 0. The number of aliphatic hydroxyl groups is 1. The van der Waals surface area contributed by atoms with Gasteiger partial charge in [-0.05, 0) is 68.7 Å². The van der Waals surface area contributed by atoms with Crippen LogP contribution in [0.15, 0.2) is 55.1 Å². The third kappa shape index (κ3) is 7.13. The molecule has 1 aliphatic heterocycles. The lowest BCUT2D eigenvalue weighted by Crippen LogP contribution is -2.42. The first-order chi connectivity index (χ1) is 17.9. The van der Waals surface area contributed by atoms with Crippen molar-refractivity contribution in [2.75, 3.05) is 51.4 Å². The summed E-state index contributed by atoms with van der Waals surface area (Å²) in [6, 6.07) is 13.4. The van der Waals surface area contributed by atoms with Crippen LogP contribution in [0.25, 0.3) is 22.0 Å². The van der Waals surface area contributed by atoms with Gasteiger partial charge < -0.3 is 31.1 Å². The van der Waals surface area contributed by atoms with Crippen molar-refractivity contribution >= 4 is 34.3 Å². The number of piperidine rings is 1. The quantitative estimate of drug-likeness (QED) is 0.271. The van der Waals surface area contributed by atoms with Crippen molar-refractivity contribution in [3.8, 4) is 17.0 Å². The van der Waals surface area contributed by atoms with E-state index in [-0.39, 0.29) is 11.6 Å². The fraction of sp³-hybridized carbons (Fsp3) is 0.321. The summed E-state index contributed by atoms with van der Waals surface area (Å²) in [5.74, 6) is 0.193. The fourth-order valence-electron chi connectivity index (χ4n) is 4.26. The molecule has 0 bridgehead atoms. The summed E-state index contributed by atoms with van der Waals surface area (Å²) in [5, 5.41) is 16.4. The summed E-state index contributed by atoms with van der Waals surface area (Å²) in [5.41, 5.74) is 8.17. The molecule has 9 heteroatoms. The summed E-state index contributed by atoms with van der Waals surface area (Å²) in [6.45, 7) is 6.88. The van der Waals surface area contributed by atoms with Gasteiger partial charge in [-0.3, -0.25) is 9.59 Å². The summed E-state index contributed by atoms with van der Waals surface area (Å²) in [4.78, 5) is 29.5. The monoisotopic (exact) mass is 505 g/mol. The van der Waals surface area contributed by atoms with Crippen molar-refractivity contribution in [2.24, 2.45) is 0 Å². The van der Waals surface area contributed by atoms with Gasteiger partial charge in [-0.2, -0.15) is 0 Å². The molecule has 1 amide bonds. The molecule has 0 aliphatic carbocycles. The SMILES string of the molecule is C=CC(=O)Nc1c(OC)ccc2ccc(-c3ccc(N)c(C=O)n3)cc12.CNC1CCN(CCO)CC1. The van der Waals surface area contributed by atoms with E-state index >= 15 is 0 Å². The van der Waals surface area contributed by atoms with Gasteiger partial charge in [0.05, 0.1) is 30.8 Å². The summed E-state index contributed by atoms with van der Waals surface area (Å²) in [7, 11) is 3.55. The third-order valence-corrected chi connectivity index (χ3v) is 6.41. The van der Waals surface area contributed by atoms with Crippen molar-refractivity contribution < 1.29 is 19.4 Å². The van der Waals surface area contributed by atoms with E-state index in [2.05, 4.69) is 27.1 Å². The number of hydrogen-bond acceptors (Lipinski definition) is 8. The molecule has 1 aromatic heterocycles. The lowest BCUT2D eigenvalue weighted by molar-refractivity contribution is -0.111. The number of aldehydes is 1.